The lowest BCUT2D eigenvalue weighted by Crippen LogP contribution is -2.12. The van der Waals surface area contributed by atoms with Crippen molar-refractivity contribution in [2.45, 2.75) is 0 Å². The lowest BCUT2D eigenvalue weighted by molar-refractivity contribution is 0.102. The van der Waals surface area contributed by atoms with Crippen molar-refractivity contribution in [1.82, 2.24) is 0 Å². The van der Waals surface area contributed by atoms with Crippen molar-refractivity contribution < 1.29 is 4.79 Å². The second-order valence-corrected chi connectivity index (χ2v) is 7.32. The van der Waals surface area contributed by atoms with Crippen LogP contribution in [0.25, 0.3) is 30.9 Å². The minimum Gasteiger partial charge on any atom is -0.322 e. The third-order valence-electron chi connectivity index (χ3n) is 4.65. The van der Waals surface area contributed by atoms with Gasteiger partial charge in [-0.25, -0.2) is 0 Å². The highest BCUT2D eigenvalue weighted by atomic mass is 32.1. The second kappa shape index (κ2) is 5.97. The van der Waals surface area contributed by atoms with Crippen LogP contribution in [0.3, 0.4) is 0 Å². The summed E-state index contributed by atoms with van der Waals surface area (Å²) in [5.74, 6) is -0.0736. The van der Waals surface area contributed by atoms with Gasteiger partial charge in [0.05, 0.1) is 0 Å². The van der Waals surface area contributed by atoms with Gasteiger partial charge >= 0.3 is 0 Å². The average molecular weight is 353 g/mol. The number of thiophene rings is 1. The zero-order chi connectivity index (χ0) is 17.5. The molecule has 0 aliphatic carbocycles. The maximum atomic E-state index is 13.1. The van der Waals surface area contributed by atoms with Gasteiger partial charge in [0, 0.05) is 31.4 Å². The Morgan fingerprint density at radius 3 is 2.31 bits per heavy atom. The maximum Gasteiger partial charge on any atom is 0.256 e. The van der Waals surface area contributed by atoms with E-state index in [0.29, 0.717) is 0 Å². The van der Waals surface area contributed by atoms with E-state index in [2.05, 4.69) is 35.6 Å². The molecule has 124 valence electrons. The van der Waals surface area contributed by atoms with E-state index in [9.17, 15) is 4.79 Å². The summed E-state index contributed by atoms with van der Waals surface area (Å²) in [4.78, 5) is 13.1. The molecule has 0 saturated heterocycles. The lowest BCUT2D eigenvalue weighted by atomic mass is 10.00. The minimum absolute atomic E-state index is 0.0736. The van der Waals surface area contributed by atoms with Crippen LogP contribution in [-0.4, -0.2) is 5.91 Å². The standard InChI is InChI=1S/C23H15NOS/c25-23(24-16-9-2-1-3-10-16)19-14-15-8-4-5-11-17(15)22-21(19)18-12-6-7-13-20(18)26-22/h1-14H,(H,24,25). The zero-order valence-corrected chi connectivity index (χ0v) is 14.7. The molecule has 0 fully saturated rings. The number of hydrogen-bond donors (Lipinski definition) is 1. The van der Waals surface area contributed by atoms with Gasteiger partial charge in [-0.3, -0.25) is 4.79 Å². The van der Waals surface area contributed by atoms with Crippen LogP contribution in [0.1, 0.15) is 10.4 Å². The number of carbonyl (C=O) groups is 1. The highest BCUT2D eigenvalue weighted by molar-refractivity contribution is 7.26. The smallest absolute Gasteiger partial charge is 0.256 e. The molecular formula is C23H15NOS. The van der Waals surface area contributed by atoms with Crippen LogP contribution in [0.2, 0.25) is 0 Å². The van der Waals surface area contributed by atoms with Crippen molar-refractivity contribution in [3.05, 3.63) is 90.5 Å². The summed E-state index contributed by atoms with van der Waals surface area (Å²) in [7, 11) is 0. The highest BCUT2D eigenvalue weighted by Gasteiger charge is 2.17. The topological polar surface area (TPSA) is 29.1 Å². The van der Waals surface area contributed by atoms with Crippen LogP contribution >= 0.6 is 11.3 Å². The van der Waals surface area contributed by atoms with Crippen molar-refractivity contribution in [3.8, 4) is 0 Å². The summed E-state index contributed by atoms with van der Waals surface area (Å²) in [6, 6.07) is 28.2. The first kappa shape index (κ1) is 15.1. The summed E-state index contributed by atoms with van der Waals surface area (Å²) >= 11 is 1.75. The summed E-state index contributed by atoms with van der Waals surface area (Å²) in [6.45, 7) is 0. The summed E-state index contributed by atoms with van der Waals surface area (Å²) in [5.41, 5.74) is 1.53. The van der Waals surface area contributed by atoms with E-state index in [1.165, 1.54) is 14.8 Å². The minimum atomic E-state index is -0.0736. The Hall–Kier alpha value is -3.17. The predicted octanol–water partition coefficient (Wildman–Crippen LogP) is 6.46. The number of rotatable bonds is 2. The maximum absolute atomic E-state index is 13.1. The SMILES string of the molecule is O=C(Nc1ccccc1)c1cc2ccccc2c2sc3ccccc3c12. The summed E-state index contributed by atoms with van der Waals surface area (Å²) < 4.78 is 2.37. The van der Waals surface area contributed by atoms with E-state index >= 15 is 0 Å². The Kier molecular flexibility index (Phi) is 3.47. The van der Waals surface area contributed by atoms with Crippen LogP contribution in [0.5, 0.6) is 0 Å². The number of carbonyl (C=O) groups excluding carboxylic acids is 1. The number of hydrogen-bond acceptors (Lipinski definition) is 2. The molecule has 0 atom stereocenters. The highest BCUT2D eigenvalue weighted by Crippen LogP contribution is 2.40. The molecule has 0 saturated carbocycles. The fraction of sp³-hybridized carbons (Fsp3) is 0. The molecule has 0 spiro atoms. The van der Waals surface area contributed by atoms with Gasteiger partial charge in [-0.15, -0.1) is 11.3 Å². The van der Waals surface area contributed by atoms with E-state index in [-0.39, 0.29) is 5.91 Å². The molecule has 1 aromatic heterocycles. The van der Waals surface area contributed by atoms with Crippen molar-refractivity contribution in [2.24, 2.45) is 0 Å². The molecular weight excluding hydrogens is 338 g/mol. The monoisotopic (exact) mass is 353 g/mol. The molecule has 5 rings (SSSR count). The third-order valence-corrected chi connectivity index (χ3v) is 5.85. The lowest BCUT2D eigenvalue weighted by Gasteiger charge is -2.09. The van der Waals surface area contributed by atoms with E-state index in [0.717, 1.165) is 27.4 Å². The molecule has 0 radical (unpaired) electrons. The Labute approximate surface area is 154 Å². The molecule has 4 aromatic carbocycles. The number of anilines is 1. The first-order valence-corrected chi connectivity index (χ1v) is 9.32. The van der Waals surface area contributed by atoms with Crippen LogP contribution in [0.15, 0.2) is 84.9 Å². The van der Waals surface area contributed by atoms with Crippen molar-refractivity contribution >= 4 is 53.9 Å². The fourth-order valence-corrected chi connectivity index (χ4v) is 4.72. The van der Waals surface area contributed by atoms with Gasteiger partial charge in [0.15, 0.2) is 0 Å². The largest absolute Gasteiger partial charge is 0.322 e. The number of benzene rings is 4. The molecule has 0 unspecified atom stereocenters. The summed E-state index contributed by atoms with van der Waals surface area (Å²) in [5, 5.41) is 7.49. The van der Waals surface area contributed by atoms with Crippen molar-refractivity contribution in [2.75, 3.05) is 5.32 Å². The fourth-order valence-electron chi connectivity index (χ4n) is 3.46. The van der Waals surface area contributed by atoms with E-state index in [1.54, 1.807) is 11.3 Å². The Morgan fingerprint density at radius 1 is 0.769 bits per heavy atom. The summed E-state index contributed by atoms with van der Waals surface area (Å²) in [6.07, 6.45) is 0. The molecule has 3 heteroatoms. The Bertz CT molecular complexity index is 1270. The molecule has 1 amide bonds. The van der Waals surface area contributed by atoms with E-state index in [1.807, 2.05) is 54.6 Å². The van der Waals surface area contributed by atoms with Crippen molar-refractivity contribution in [3.63, 3.8) is 0 Å². The number of amides is 1. The normalized spacial score (nSPS) is 11.2. The molecule has 2 nitrogen and oxygen atoms in total. The van der Waals surface area contributed by atoms with Crippen LogP contribution in [0, 0.1) is 0 Å². The van der Waals surface area contributed by atoms with Gasteiger partial charge in [0.1, 0.15) is 0 Å². The van der Waals surface area contributed by atoms with Crippen LogP contribution in [0.4, 0.5) is 5.69 Å². The quantitative estimate of drug-likeness (QED) is 0.388. The van der Waals surface area contributed by atoms with Gasteiger partial charge in [-0.05, 0) is 35.0 Å². The first-order valence-electron chi connectivity index (χ1n) is 8.51. The predicted molar refractivity (Wildman–Crippen MR) is 111 cm³/mol. The van der Waals surface area contributed by atoms with E-state index < -0.39 is 0 Å². The zero-order valence-electron chi connectivity index (χ0n) is 13.9. The van der Waals surface area contributed by atoms with Gasteiger partial charge in [-0.2, -0.15) is 0 Å². The first-order chi connectivity index (χ1) is 12.8. The van der Waals surface area contributed by atoms with Gasteiger partial charge < -0.3 is 5.32 Å². The Morgan fingerprint density at radius 2 is 1.46 bits per heavy atom. The van der Waals surface area contributed by atoms with Gasteiger partial charge in [0.25, 0.3) is 5.91 Å². The second-order valence-electron chi connectivity index (χ2n) is 6.27. The van der Waals surface area contributed by atoms with Crippen LogP contribution < -0.4 is 5.32 Å². The van der Waals surface area contributed by atoms with E-state index in [4.69, 9.17) is 0 Å². The van der Waals surface area contributed by atoms with Gasteiger partial charge in [0.2, 0.25) is 0 Å². The molecule has 0 aliphatic rings. The number of nitrogens with one attached hydrogen (secondary N) is 1. The molecule has 1 heterocycles. The molecule has 5 aromatic rings. The third kappa shape index (κ3) is 2.37. The average Bonchev–Trinajstić information content (AvgIpc) is 3.08. The molecule has 0 aliphatic heterocycles. The number of para-hydroxylation sites is 1. The van der Waals surface area contributed by atoms with Crippen molar-refractivity contribution in [1.29, 1.82) is 0 Å². The molecule has 26 heavy (non-hydrogen) atoms. The van der Waals surface area contributed by atoms with Gasteiger partial charge in [-0.1, -0.05) is 60.7 Å². The Balaban J connectivity index is 1.81. The number of fused-ring (bicyclic) bond motifs is 5. The molecule has 0 bridgehead atoms. The van der Waals surface area contributed by atoms with Crippen LogP contribution in [-0.2, 0) is 0 Å². The molecule has 1 N–H and O–H groups in total.